The number of nitrogens with zero attached hydrogens (tertiary/aromatic N) is 3. The zero-order valence-electron chi connectivity index (χ0n) is 16.3. The van der Waals surface area contributed by atoms with Gasteiger partial charge in [-0.05, 0) is 38.7 Å². The number of guanidine groups is 1. The summed E-state index contributed by atoms with van der Waals surface area (Å²) in [7, 11) is 0. The highest BCUT2D eigenvalue weighted by molar-refractivity contribution is 5.80. The van der Waals surface area contributed by atoms with Crippen molar-refractivity contribution in [1.82, 2.24) is 15.6 Å². The standard InChI is InChI=1S/C20H32N6O/c1-2-22-20(25-17-7-3-4-8-17)24-14-16-6-5-11-23-19(16)26-12-9-15(10-13-26)18(21)27/h5-6,11,15,17H,2-4,7-10,12-14H2,1H3,(H2,21,27)(H2,22,24,25). The number of hydrogen-bond donors (Lipinski definition) is 3. The highest BCUT2D eigenvalue weighted by atomic mass is 16.1. The van der Waals surface area contributed by atoms with Crippen molar-refractivity contribution in [3.05, 3.63) is 23.9 Å². The molecule has 7 heteroatoms. The Hall–Kier alpha value is -2.31. The number of carbonyl (C=O) groups is 1. The highest BCUT2D eigenvalue weighted by Crippen LogP contribution is 2.25. The molecular weight excluding hydrogens is 340 g/mol. The summed E-state index contributed by atoms with van der Waals surface area (Å²) in [6.45, 7) is 5.13. The maximum Gasteiger partial charge on any atom is 0.220 e. The molecule has 1 saturated carbocycles. The smallest absolute Gasteiger partial charge is 0.220 e. The summed E-state index contributed by atoms with van der Waals surface area (Å²) in [4.78, 5) is 23.1. The van der Waals surface area contributed by atoms with E-state index in [0.29, 0.717) is 12.6 Å². The largest absolute Gasteiger partial charge is 0.369 e. The van der Waals surface area contributed by atoms with E-state index in [9.17, 15) is 4.79 Å². The maximum absolute atomic E-state index is 11.4. The van der Waals surface area contributed by atoms with Crippen molar-refractivity contribution in [3.63, 3.8) is 0 Å². The van der Waals surface area contributed by atoms with Crippen LogP contribution < -0.4 is 21.3 Å². The van der Waals surface area contributed by atoms with Crippen molar-refractivity contribution in [2.45, 2.75) is 58.0 Å². The third-order valence-electron chi connectivity index (χ3n) is 5.51. The van der Waals surface area contributed by atoms with E-state index in [1.54, 1.807) is 0 Å². The number of primary amides is 1. The lowest BCUT2D eigenvalue weighted by Gasteiger charge is -2.32. The molecule has 0 radical (unpaired) electrons. The summed E-state index contributed by atoms with van der Waals surface area (Å²) in [5.74, 6) is 1.66. The first kappa shape index (κ1) is 19.5. The summed E-state index contributed by atoms with van der Waals surface area (Å²) < 4.78 is 0. The topological polar surface area (TPSA) is 95.6 Å². The summed E-state index contributed by atoms with van der Waals surface area (Å²) in [6.07, 6.45) is 8.44. The Kier molecular flexibility index (Phi) is 6.90. The van der Waals surface area contributed by atoms with Crippen LogP contribution in [0.25, 0.3) is 0 Å². The number of piperidine rings is 1. The minimum absolute atomic E-state index is 0.0117. The molecule has 0 atom stereocenters. The number of nitrogens with two attached hydrogens (primary N) is 1. The van der Waals surface area contributed by atoms with Crippen molar-refractivity contribution in [2.75, 3.05) is 24.5 Å². The molecule has 0 spiro atoms. The lowest BCUT2D eigenvalue weighted by atomic mass is 9.96. The van der Waals surface area contributed by atoms with E-state index < -0.39 is 0 Å². The van der Waals surface area contributed by atoms with Crippen LogP contribution in [0.2, 0.25) is 0 Å². The molecule has 27 heavy (non-hydrogen) atoms. The monoisotopic (exact) mass is 372 g/mol. The van der Waals surface area contributed by atoms with Crippen molar-refractivity contribution in [1.29, 1.82) is 0 Å². The average molecular weight is 373 g/mol. The first-order chi connectivity index (χ1) is 13.2. The quantitative estimate of drug-likeness (QED) is 0.523. The van der Waals surface area contributed by atoms with Crippen LogP contribution in [-0.2, 0) is 11.3 Å². The normalized spacial score (nSPS) is 19.3. The average Bonchev–Trinajstić information content (AvgIpc) is 3.20. The molecule has 1 saturated heterocycles. The number of anilines is 1. The van der Waals surface area contributed by atoms with Gasteiger partial charge in [-0.25, -0.2) is 9.98 Å². The number of nitrogens with one attached hydrogen (secondary N) is 2. The van der Waals surface area contributed by atoms with Gasteiger partial charge in [0.15, 0.2) is 5.96 Å². The SMILES string of the molecule is CCNC(=NCc1cccnc1N1CCC(C(N)=O)CC1)NC1CCCC1. The van der Waals surface area contributed by atoms with Gasteiger partial charge in [0.25, 0.3) is 0 Å². The van der Waals surface area contributed by atoms with Crippen LogP contribution in [0.15, 0.2) is 23.3 Å². The summed E-state index contributed by atoms with van der Waals surface area (Å²) >= 11 is 0. The van der Waals surface area contributed by atoms with Crippen molar-refractivity contribution in [3.8, 4) is 0 Å². The zero-order chi connectivity index (χ0) is 19.1. The van der Waals surface area contributed by atoms with E-state index in [1.807, 2.05) is 12.3 Å². The van der Waals surface area contributed by atoms with Crippen LogP contribution in [0.3, 0.4) is 0 Å². The predicted octanol–water partition coefficient (Wildman–Crippen LogP) is 1.78. The van der Waals surface area contributed by atoms with Crippen LogP contribution in [0, 0.1) is 5.92 Å². The molecule has 2 fully saturated rings. The molecule has 0 bridgehead atoms. The molecule has 1 aromatic heterocycles. The van der Waals surface area contributed by atoms with Crippen molar-refractivity contribution in [2.24, 2.45) is 16.6 Å². The number of rotatable bonds is 6. The lowest BCUT2D eigenvalue weighted by molar-refractivity contribution is -0.122. The van der Waals surface area contributed by atoms with E-state index in [2.05, 4.69) is 33.5 Å². The second-order valence-electron chi connectivity index (χ2n) is 7.47. The molecule has 4 N–H and O–H groups in total. The molecule has 2 aliphatic rings. The fraction of sp³-hybridized carbons (Fsp3) is 0.650. The van der Waals surface area contributed by atoms with E-state index in [0.717, 1.165) is 49.8 Å². The van der Waals surface area contributed by atoms with Gasteiger partial charge in [0.1, 0.15) is 5.82 Å². The molecule has 1 amide bonds. The highest BCUT2D eigenvalue weighted by Gasteiger charge is 2.25. The number of carbonyl (C=O) groups excluding carboxylic acids is 1. The Balaban J connectivity index is 1.66. The molecule has 148 valence electrons. The van der Waals surface area contributed by atoms with Gasteiger partial charge >= 0.3 is 0 Å². The molecular formula is C20H32N6O. The molecule has 1 aliphatic carbocycles. The fourth-order valence-corrected chi connectivity index (χ4v) is 3.96. The van der Waals surface area contributed by atoms with Crippen molar-refractivity contribution >= 4 is 17.7 Å². The summed E-state index contributed by atoms with van der Waals surface area (Å²) in [5, 5.41) is 6.91. The number of amides is 1. The molecule has 7 nitrogen and oxygen atoms in total. The van der Waals surface area contributed by atoms with Crippen LogP contribution in [0.1, 0.15) is 51.0 Å². The Labute approximate surface area is 161 Å². The molecule has 0 unspecified atom stereocenters. The van der Waals surface area contributed by atoms with Crippen LogP contribution in [-0.4, -0.2) is 42.5 Å². The van der Waals surface area contributed by atoms with Gasteiger partial charge < -0.3 is 21.3 Å². The molecule has 0 aromatic carbocycles. The van der Waals surface area contributed by atoms with Gasteiger partial charge in [0.2, 0.25) is 5.91 Å². The van der Waals surface area contributed by atoms with E-state index in [-0.39, 0.29) is 11.8 Å². The molecule has 2 heterocycles. The second-order valence-corrected chi connectivity index (χ2v) is 7.47. The van der Waals surface area contributed by atoms with Gasteiger partial charge in [0, 0.05) is 43.4 Å². The van der Waals surface area contributed by atoms with Gasteiger partial charge in [-0.2, -0.15) is 0 Å². The first-order valence-corrected chi connectivity index (χ1v) is 10.2. The second kappa shape index (κ2) is 9.58. The Morgan fingerprint density at radius 1 is 1.30 bits per heavy atom. The van der Waals surface area contributed by atoms with E-state index >= 15 is 0 Å². The van der Waals surface area contributed by atoms with E-state index in [1.165, 1.54) is 25.7 Å². The number of pyridine rings is 1. The van der Waals surface area contributed by atoms with Crippen LogP contribution in [0.4, 0.5) is 5.82 Å². The molecule has 1 aromatic rings. The predicted molar refractivity (Wildman–Crippen MR) is 109 cm³/mol. The number of aliphatic imine (C=N–C) groups is 1. The summed E-state index contributed by atoms with van der Waals surface area (Å²) in [6, 6.07) is 4.58. The lowest BCUT2D eigenvalue weighted by Crippen LogP contribution is -2.42. The maximum atomic E-state index is 11.4. The summed E-state index contributed by atoms with van der Waals surface area (Å²) in [5.41, 5.74) is 6.56. The molecule has 1 aliphatic heterocycles. The van der Waals surface area contributed by atoms with Gasteiger partial charge in [-0.3, -0.25) is 4.79 Å². The van der Waals surface area contributed by atoms with Crippen molar-refractivity contribution < 1.29 is 4.79 Å². The molecule has 3 rings (SSSR count). The van der Waals surface area contributed by atoms with Crippen LogP contribution >= 0.6 is 0 Å². The van der Waals surface area contributed by atoms with Crippen LogP contribution in [0.5, 0.6) is 0 Å². The number of aromatic nitrogens is 1. The van der Waals surface area contributed by atoms with Gasteiger partial charge in [0.05, 0.1) is 6.54 Å². The Morgan fingerprint density at radius 3 is 2.70 bits per heavy atom. The Bertz CT molecular complexity index is 648. The van der Waals surface area contributed by atoms with Gasteiger partial charge in [-0.1, -0.05) is 18.9 Å². The van der Waals surface area contributed by atoms with E-state index in [4.69, 9.17) is 10.7 Å². The third kappa shape index (κ3) is 5.34. The third-order valence-corrected chi connectivity index (χ3v) is 5.51. The zero-order valence-corrected chi connectivity index (χ0v) is 16.3. The first-order valence-electron chi connectivity index (χ1n) is 10.2. The minimum atomic E-state index is -0.186. The fourth-order valence-electron chi connectivity index (χ4n) is 3.96. The Morgan fingerprint density at radius 2 is 2.04 bits per heavy atom. The minimum Gasteiger partial charge on any atom is -0.369 e. The van der Waals surface area contributed by atoms with Gasteiger partial charge in [-0.15, -0.1) is 0 Å². The number of hydrogen-bond acceptors (Lipinski definition) is 4.